The highest BCUT2D eigenvalue weighted by molar-refractivity contribution is 7.17. The van der Waals surface area contributed by atoms with Crippen LogP contribution >= 0.6 is 11.3 Å². The molecule has 2 aromatic heterocycles. The molecule has 0 spiro atoms. The van der Waals surface area contributed by atoms with Crippen molar-refractivity contribution in [3.05, 3.63) is 52.5 Å². The van der Waals surface area contributed by atoms with E-state index in [1.165, 1.54) is 11.3 Å². The maximum Gasteiger partial charge on any atom is 0.326 e. The predicted octanol–water partition coefficient (Wildman–Crippen LogP) is 2.98. The second kappa shape index (κ2) is 11.2. The SMILES string of the molecule is CCc1c(C(=O)C(N)=O)c2c(OCC(=O)N[C@@H](CC(C)C)C(=O)O)csc2n1Cc1ccccc1. The van der Waals surface area contributed by atoms with Gasteiger partial charge in [-0.15, -0.1) is 11.3 Å². The van der Waals surface area contributed by atoms with Gasteiger partial charge >= 0.3 is 5.97 Å². The Bertz CT molecular complexity index is 1250. The first-order valence-corrected chi connectivity index (χ1v) is 12.2. The summed E-state index contributed by atoms with van der Waals surface area (Å²) in [6.07, 6.45) is 0.751. The van der Waals surface area contributed by atoms with E-state index < -0.39 is 36.2 Å². The van der Waals surface area contributed by atoms with Crippen LogP contribution in [0, 0.1) is 5.92 Å². The number of ketones is 1. The highest BCUT2D eigenvalue weighted by Gasteiger charge is 2.29. The Morgan fingerprint density at radius 2 is 1.86 bits per heavy atom. The molecule has 2 amide bonds. The van der Waals surface area contributed by atoms with E-state index in [4.69, 9.17) is 10.5 Å². The lowest BCUT2D eigenvalue weighted by molar-refractivity contribution is -0.142. The number of carbonyl (C=O) groups is 4. The Hall–Kier alpha value is -3.66. The molecule has 0 aliphatic carbocycles. The molecule has 186 valence electrons. The molecule has 9 nitrogen and oxygen atoms in total. The number of carboxylic acids is 1. The summed E-state index contributed by atoms with van der Waals surface area (Å²) in [5, 5.41) is 13.9. The van der Waals surface area contributed by atoms with Crippen LogP contribution in [-0.2, 0) is 27.3 Å². The fourth-order valence-electron chi connectivity index (χ4n) is 4.01. The number of fused-ring (bicyclic) bond motifs is 1. The van der Waals surface area contributed by atoms with E-state index >= 15 is 0 Å². The summed E-state index contributed by atoms with van der Waals surface area (Å²) in [4.78, 5) is 49.3. The lowest BCUT2D eigenvalue weighted by atomic mass is 10.0. The van der Waals surface area contributed by atoms with Crippen LogP contribution in [0.15, 0.2) is 35.7 Å². The molecule has 3 rings (SSSR count). The Morgan fingerprint density at radius 1 is 1.17 bits per heavy atom. The largest absolute Gasteiger partial charge is 0.482 e. The van der Waals surface area contributed by atoms with Crippen LogP contribution in [0.5, 0.6) is 5.75 Å². The first kappa shape index (κ1) is 26.0. The van der Waals surface area contributed by atoms with E-state index in [1.807, 2.05) is 55.7 Å². The molecule has 0 aliphatic heterocycles. The van der Waals surface area contributed by atoms with Gasteiger partial charge in [0.05, 0.1) is 10.9 Å². The van der Waals surface area contributed by atoms with Crippen molar-refractivity contribution in [3.8, 4) is 5.75 Å². The van der Waals surface area contributed by atoms with Gasteiger partial charge in [0.2, 0.25) is 0 Å². The van der Waals surface area contributed by atoms with Gasteiger partial charge in [-0.2, -0.15) is 0 Å². The quantitative estimate of drug-likeness (QED) is 0.258. The fourth-order valence-corrected chi connectivity index (χ4v) is 5.04. The Morgan fingerprint density at radius 3 is 2.43 bits per heavy atom. The van der Waals surface area contributed by atoms with E-state index in [-0.39, 0.29) is 23.7 Å². The number of Topliss-reactive ketones (excluding diaryl/α,β-unsaturated/α-hetero) is 1. The number of ether oxygens (including phenoxy) is 1. The van der Waals surface area contributed by atoms with Crippen LogP contribution in [0.4, 0.5) is 0 Å². The number of primary amides is 1. The number of hydrogen-bond donors (Lipinski definition) is 3. The minimum atomic E-state index is -1.12. The average Bonchev–Trinajstić information content (AvgIpc) is 3.35. The molecular weight excluding hydrogens is 470 g/mol. The molecule has 0 fully saturated rings. The standard InChI is InChI=1S/C25H29N3O6S/c1-4-17-20(22(30)23(26)31)21-18(34-12-19(29)27-16(25(32)33)10-14(2)3)13-35-24(21)28(17)11-15-8-6-5-7-9-15/h5-9,13-14,16H,4,10-12H2,1-3H3,(H2,26,31)(H,27,29)(H,32,33)/t16-/m0/s1. The molecule has 0 radical (unpaired) electrons. The van der Waals surface area contributed by atoms with Crippen LogP contribution < -0.4 is 15.8 Å². The number of hydrogen-bond acceptors (Lipinski definition) is 6. The lowest BCUT2D eigenvalue weighted by Gasteiger charge is -2.16. The predicted molar refractivity (Wildman–Crippen MR) is 133 cm³/mol. The molecule has 10 heteroatoms. The maximum absolute atomic E-state index is 12.8. The number of aliphatic carboxylic acids is 1. The minimum Gasteiger partial charge on any atom is -0.482 e. The number of nitrogens with zero attached hydrogens (tertiary/aromatic N) is 1. The number of thiophene rings is 1. The van der Waals surface area contributed by atoms with Crippen LogP contribution in [-0.4, -0.2) is 45.9 Å². The normalized spacial score (nSPS) is 12.0. The maximum atomic E-state index is 12.8. The first-order valence-electron chi connectivity index (χ1n) is 11.3. The highest BCUT2D eigenvalue weighted by Crippen LogP contribution is 2.40. The molecule has 35 heavy (non-hydrogen) atoms. The number of rotatable bonds is 12. The summed E-state index contributed by atoms with van der Waals surface area (Å²) in [5.74, 6) is -3.28. The third kappa shape index (κ3) is 5.89. The molecular formula is C25H29N3O6S. The van der Waals surface area contributed by atoms with E-state index in [9.17, 15) is 24.3 Å². The molecule has 2 heterocycles. The minimum absolute atomic E-state index is 0.0769. The average molecular weight is 500 g/mol. The fraction of sp³-hybridized carbons (Fsp3) is 0.360. The van der Waals surface area contributed by atoms with Crippen molar-refractivity contribution in [2.24, 2.45) is 11.7 Å². The van der Waals surface area contributed by atoms with Crippen molar-refractivity contribution in [1.82, 2.24) is 9.88 Å². The number of amides is 2. The van der Waals surface area contributed by atoms with Crippen molar-refractivity contribution in [2.45, 2.75) is 46.2 Å². The van der Waals surface area contributed by atoms with Gasteiger partial charge in [-0.1, -0.05) is 51.1 Å². The lowest BCUT2D eigenvalue weighted by Crippen LogP contribution is -2.43. The van der Waals surface area contributed by atoms with Crippen molar-refractivity contribution in [2.75, 3.05) is 6.61 Å². The van der Waals surface area contributed by atoms with E-state index in [0.717, 1.165) is 5.56 Å². The topological polar surface area (TPSA) is 141 Å². The number of benzene rings is 1. The zero-order valence-electron chi connectivity index (χ0n) is 19.9. The molecule has 1 atom stereocenters. The zero-order chi connectivity index (χ0) is 25.7. The van der Waals surface area contributed by atoms with Gasteiger partial charge < -0.3 is 25.5 Å². The van der Waals surface area contributed by atoms with E-state index in [2.05, 4.69) is 5.32 Å². The van der Waals surface area contributed by atoms with Gasteiger partial charge in [0.1, 0.15) is 16.6 Å². The van der Waals surface area contributed by atoms with Crippen LogP contribution in [0.3, 0.4) is 0 Å². The van der Waals surface area contributed by atoms with Crippen LogP contribution in [0.1, 0.15) is 48.8 Å². The third-order valence-electron chi connectivity index (χ3n) is 5.52. The molecule has 0 saturated carbocycles. The number of nitrogens with one attached hydrogen (secondary N) is 1. The van der Waals surface area contributed by atoms with Crippen LogP contribution in [0.2, 0.25) is 0 Å². The Balaban J connectivity index is 1.95. The first-order chi connectivity index (χ1) is 16.6. The van der Waals surface area contributed by atoms with E-state index in [0.29, 0.717) is 28.9 Å². The monoisotopic (exact) mass is 499 g/mol. The van der Waals surface area contributed by atoms with Gasteiger partial charge in [-0.25, -0.2) is 4.79 Å². The molecule has 1 aromatic carbocycles. The summed E-state index contributed by atoms with van der Waals surface area (Å²) in [6.45, 7) is 5.64. The summed E-state index contributed by atoms with van der Waals surface area (Å²) in [6, 6.07) is 8.65. The van der Waals surface area contributed by atoms with Gasteiger partial charge in [0, 0.05) is 17.6 Å². The number of carboxylic acid groups (broad SMARTS) is 1. The molecule has 4 N–H and O–H groups in total. The molecule has 0 saturated heterocycles. The molecule has 0 bridgehead atoms. The second-order valence-electron chi connectivity index (χ2n) is 8.60. The number of aromatic nitrogens is 1. The summed E-state index contributed by atoms with van der Waals surface area (Å²) in [7, 11) is 0. The van der Waals surface area contributed by atoms with Crippen molar-refractivity contribution in [3.63, 3.8) is 0 Å². The third-order valence-corrected chi connectivity index (χ3v) is 6.50. The Kier molecular flexibility index (Phi) is 8.29. The highest BCUT2D eigenvalue weighted by atomic mass is 32.1. The van der Waals surface area contributed by atoms with Gasteiger partial charge in [-0.3, -0.25) is 14.4 Å². The second-order valence-corrected chi connectivity index (χ2v) is 9.46. The number of carbonyl (C=O) groups excluding carboxylic acids is 3. The Labute approximate surface area is 206 Å². The smallest absolute Gasteiger partial charge is 0.326 e. The summed E-state index contributed by atoms with van der Waals surface area (Å²) in [5.41, 5.74) is 7.19. The zero-order valence-corrected chi connectivity index (χ0v) is 20.7. The summed E-state index contributed by atoms with van der Waals surface area (Å²) < 4.78 is 7.69. The molecule has 0 unspecified atom stereocenters. The van der Waals surface area contributed by atoms with Gasteiger partial charge in [0.15, 0.2) is 6.61 Å². The van der Waals surface area contributed by atoms with Crippen molar-refractivity contribution < 1.29 is 29.0 Å². The number of nitrogens with two attached hydrogens (primary N) is 1. The van der Waals surface area contributed by atoms with Crippen molar-refractivity contribution in [1.29, 1.82) is 0 Å². The summed E-state index contributed by atoms with van der Waals surface area (Å²) >= 11 is 1.33. The van der Waals surface area contributed by atoms with Crippen molar-refractivity contribution >= 4 is 45.1 Å². The van der Waals surface area contributed by atoms with Gasteiger partial charge in [0.25, 0.3) is 17.6 Å². The van der Waals surface area contributed by atoms with Gasteiger partial charge in [-0.05, 0) is 24.3 Å². The molecule has 3 aromatic rings. The van der Waals surface area contributed by atoms with E-state index in [1.54, 1.807) is 5.38 Å². The van der Waals surface area contributed by atoms with Crippen LogP contribution in [0.25, 0.3) is 10.2 Å². The molecule has 0 aliphatic rings.